The lowest BCUT2D eigenvalue weighted by atomic mass is 9.85. The fraction of sp³-hybridized carbons (Fsp3) is 0.600. The van der Waals surface area contributed by atoms with E-state index in [4.69, 9.17) is 9.52 Å². The summed E-state index contributed by atoms with van der Waals surface area (Å²) in [6.45, 7) is 0. The first-order valence-electron chi connectivity index (χ1n) is 4.92. The summed E-state index contributed by atoms with van der Waals surface area (Å²) in [6, 6.07) is 0. The zero-order valence-electron chi connectivity index (χ0n) is 7.90. The molecule has 4 heteroatoms. The van der Waals surface area contributed by atoms with Gasteiger partial charge in [0, 0.05) is 12.3 Å². The number of carbonyl (C=O) groups is 1. The van der Waals surface area contributed by atoms with Gasteiger partial charge in [-0.3, -0.25) is 4.79 Å². The fourth-order valence-corrected chi connectivity index (χ4v) is 1.51. The number of aromatic nitrogens is 1. The topological polar surface area (TPSA) is 63.3 Å². The second kappa shape index (κ2) is 3.82. The second-order valence-corrected chi connectivity index (χ2v) is 3.69. The van der Waals surface area contributed by atoms with Crippen molar-refractivity contribution in [2.24, 2.45) is 0 Å². The van der Waals surface area contributed by atoms with Gasteiger partial charge in [0.25, 0.3) is 0 Å². The Labute approximate surface area is 81.9 Å². The molecule has 0 aliphatic heterocycles. The molecule has 2 rings (SSSR count). The maximum absolute atomic E-state index is 10.3. The van der Waals surface area contributed by atoms with Gasteiger partial charge in [-0.15, -0.1) is 0 Å². The van der Waals surface area contributed by atoms with Crippen LogP contribution in [0, 0.1) is 0 Å². The molecule has 0 spiro atoms. The number of aliphatic carboxylic acids is 1. The Morgan fingerprint density at radius 1 is 1.64 bits per heavy atom. The molecule has 0 unspecified atom stereocenters. The highest BCUT2D eigenvalue weighted by Gasteiger charge is 2.24. The minimum absolute atomic E-state index is 0.110. The first kappa shape index (κ1) is 9.24. The van der Waals surface area contributed by atoms with Gasteiger partial charge in [0.1, 0.15) is 5.76 Å². The maximum Gasteiger partial charge on any atom is 0.303 e. The first-order valence-corrected chi connectivity index (χ1v) is 4.92. The molecule has 76 valence electrons. The Morgan fingerprint density at radius 2 is 2.43 bits per heavy atom. The largest absolute Gasteiger partial charge is 0.481 e. The van der Waals surface area contributed by atoms with Crippen LogP contribution in [0.15, 0.2) is 10.6 Å². The molecule has 0 saturated heterocycles. The summed E-state index contributed by atoms with van der Waals surface area (Å²) in [7, 11) is 0. The van der Waals surface area contributed by atoms with Crippen LogP contribution in [0.1, 0.15) is 43.3 Å². The van der Waals surface area contributed by atoms with Crippen LogP contribution in [0.4, 0.5) is 0 Å². The number of hydrogen-bond donors (Lipinski definition) is 1. The van der Waals surface area contributed by atoms with Gasteiger partial charge in [0.15, 0.2) is 5.89 Å². The number of carboxylic acid groups (broad SMARTS) is 1. The van der Waals surface area contributed by atoms with Crippen molar-refractivity contribution < 1.29 is 14.3 Å². The third kappa shape index (κ3) is 1.95. The Kier molecular flexibility index (Phi) is 2.52. The quantitative estimate of drug-likeness (QED) is 0.797. The number of carboxylic acids is 1. The monoisotopic (exact) mass is 195 g/mol. The lowest BCUT2D eigenvalue weighted by molar-refractivity contribution is -0.137. The summed E-state index contributed by atoms with van der Waals surface area (Å²) in [5, 5.41) is 8.49. The van der Waals surface area contributed by atoms with Gasteiger partial charge in [0.2, 0.25) is 0 Å². The third-order valence-corrected chi connectivity index (χ3v) is 2.61. The predicted octanol–water partition coefficient (Wildman–Crippen LogP) is 1.96. The minimum Gasteiger partial charge on any atom is -0.481 e. The molecule has 1 N–H and O–H groups in total. The van der Waals surface area contributed by atoms with Gasteiger partial charge in [-0.05, 0) is 12.8 Å². The van der Waals surface area contributed by atoms with Gasteiger partial charge in [-0.25, -0.2) is 4.98 Å². The summed E-state index contributed by atoms with van der Waals surface area (Å²) in [5.74, 6) is 1.16. The van der Waals surface area contributed by atoms with Crippen LogP contribution in [0.2, 0.25) is 0 Å². The number of oxazole rings is 1. The van der Waals surface area contributed by atoms with E-state index in [1.165, 1.54) is 6.42 Å². The molecule has 0 amide bonds. The van der Waals surface area contributed by atoms with Gasteiger partial charge in [-0.2, -0.15) is 0 Å². The van der Waals surface area contributed by atoms with Crippen LogP contribution in [-0.4, -0.2) is 16.1 Å². The van der Waals surface area contributed by atoms with Crippen molar-refractivity contribution in [3.63, 3.8) is 0 Å². The van der Waals surface area contributed by atoms with Crippen LogP contribution in [-0.2, 0) is 11.2 Å². The predicted molar refractivity (Wildman–Crippen MR) is 49.1 cm³/mol. The molecular weight excluding hydrogens is 182 g/mol. The highest BCUT2D eigenvalue weighted by atomic mass is 16.4. The molecule has 0 aromatic carbocycles. The van der Waals surface area contributed by atoms with E-state index < -0.39 is 5.97 Å². The molecule has 0 bridgehead atoms. The third-order valence-electron chi connectivity index (χ3n) is 2.61. The average Bonchev–Trinajstić information content (AvgIpc) is 2.46. The van der Waals surface area contributed by atoms with Crippen molar-refractivity contribution in [2.75, 3.05) is 0 Å². The summed E-state index contributed by atoms with van der Waals surface area (Å²) >= 11 is 0. The van der Waals surface area contributed by atoms with E-state index in [1.54, 1.807) is 6.20 Å². The van der Waals surface area contributed by atoms with E-state index in [-0.39, 0.29) is 6.42 Å². The second-order valence-electron chi connectivity index (χ2n) is 3.69. The summed E-state index contributed by atoms with van der Waals surface area (Å²) in [5.41, 5.74) is 0. The van der Waals surface area contributed by atoms with E-state index in [1.807, 2.05) is 0 Å². The fourth-order valence-electron chi connectivity index (χ4n) is 1.51. The smallest absolute Gasteiger partial charge is 0.303 e. The highest BCUT2D eigenvalue weighted by Crippen LogP contribution is 2.35. The number of nitrogens with zero attached hydrogens (tertiary/aromatic N) is 1. The van der Waals surface area contributed by atoms with Crippen LogP contribution in [0.25, 0.3) is 0 Å². The van der Waals surface area contributed by atoms with Crippen molar-refractivity contribution in [3.8, 4) is 0 Å². The zero-order chi connectivity index (χ0) is 9.97. The average molecular weight is 195 g/mol. The van der Waals surface area contributed by atoms with Crippen molar-refractivity contribution in [3.05, 3.63) is 17.8 Å². The van der Waals surface area contributed by atoms with Gasteiger partial charge in [-0.1, -0.05) is 6.42 Å². The van der Waals surface area contributed by atoms with E-state index >= 15 is 0 Å². The van der Waals surface area contributed by atoms with E-state index in [2.05, 4.69) is 4.98 Å². The summed E-state index contributed by atoms with van der Waals surface area (Å²) < 4.78 is 5.46. The van der Waals surface area contributed by atoms with Crippen LogP contribution in [0.3, 0.4) is 0 Å². The van der Waals surface area contributed by atoms with Crippen molar-refractivity contribution in [1.29, 1.82) is 0 Å². The molecule has 14 heavy (non-hydrogen) atoms. The first-order chi connectivity index (χ1) is 6.75. The highest BCUT2D eigenvalue weighted by molar-refractivity contribution is 5.66. The van der Waals surface area contributed by atoms with E-state index in [0.717, 1.165) is 18.7 Å². The molecule has 1 heterocycles. The van der Waals surface area contributed by atoms with E-state index in [0.29, 0.717) is 18.1 Å². The lowest BCUT2D eigenvalue weighted by Gasteiger charge is -2.21. The van der Waals surface area contributed by atoms with Crippen molar-refractivity contribution in [2.45, 2.75) is 38.0 Å². The molecule has 1 saturated carbocycles. The number of aryl methyl sites for hydroxylation is 1. The Hall–Kier alpha value is -1.32. The summed E-state index contributed by atoms with van der Waals surface area (Å²) in [4.78, 5) is 14.5. The molecule has 1 aliphatic carbocycles. The zero-order valence-corrected chi connectivity index (χ0v) is 7.90. The standard InChI is InChI=1S/C10H13NO3/c12-9(13)5-4-8-6-11-10(14-8)7-2-1-3-7/h6-7H,1-5H2,(H,12,13). The molecule has 0 atom stereocenters. The van der Waals surface area contributed by atoms with Gasteiger partial charge in [0.05, 0.1) is 12.6 Å². The Morgan fingerprint density at radius 3 is 3.00 bits per heavy atom. The van der Waals surface area contributed by atoms with Crippen molar-refractivity contribution >= 4 is 5.97 Å². The Bertz CT molecular complexity index is 328. The number of rotatable bonds is 4. The molecule has 0 radical (unpaired) electrons. The van der Waals surface area contributed by atoms with Crippen molar-refractivity contribution in [1.82, 2.24) is 4.98 Å². The van der Waals surface area contributed by atoms with Gasteiger partial charge < -0.3 is 9.52 Å². The normalized spacial score (nSPS) is 16.6. The minimum atomic E-state index is -0.799. The molecule has 1 fully saturated rings. The molecular formula is C10H13NO3. The molecule has 1 aliphatic rings. The molecule has 4 nitrogen and oxygen atoms in total. The number of hydrogen-bond acceptors (Lipinski definition) is 3. The Balaban J connectivity index is 1.92. The SMILES string of the molecule is O=C(O)CCc1cnc(C2CCC2)o1. The maximum atomic E-state index is 10.3. The summed E-state index contributed by atoms with van der Waals surface area (Å²) in [6.07, 6.45) is 5.75. The van der Waals surface area contributed by atoms with Crippen LogP contribution < -0.4 is 0 Å². The van der Waals surface area contributed by atoms with E-state index in [9.17, 15) is 4.79 Å². The molecule has 1 aromatic heterocycles. The van der Waals surface area contributed by atoms with Crippen LogP contribution >= 0.6 is 0 Å². The lowest BCUT2D eigenvalue weighted by Crippen LogP contribution is -2.08. The van der Waals surface area contributed by atoms with Crippen LogP contribution in [0.5, 0.6) is 0 Å². The molecule has 1 aromatic rings. The van der Waals surface area contributed by atoms with Gasteiger partial charge >= 0.3 is 5.97 Å².